The molecule has 4 aromatic rings. The number of phenols is 1. The van der Waals surface area contributed by atoms with Crippen molar-refractivity contribution in [2.45, 2.75) is 0 Å². The molecule has 140 valence electrons. The smallest absolute Gasteiger partial charge is 0.339 e. The Bertz CT molecular complexity index is 1210. The SMILES string of the molecule is O=C(Nc1scc(-c2ccc(Cl)cc2)c1C(=O)O)c1nc2c(O)cccc2o1. The molecule has 1 amide bonds. The maximum Gasteiger partial charge on any atom is 0.339 e. The Kier molecular flexibility index (Phi) is 4.50. The third kappa shape index (κ3) is 3.19. The number of carboxylic acid groups (broad SMARTS) is 1. The highest BCUT2D eigenvalue weighted by Gasteiger charge is 2.23. The molecule has 0 unspecified atom stereocenters. The number of carbonyl (C=O) groups is 2. The molecule has 2 aromatic carbocycles. The molecule has 0 aliphatic carbocycles. The second kappa shape index (κ2) is 6.99. The van der Waals surface area contributed by atoms with Gasteiger partial charge < -0.3 is 19.9 Å². The van der Waals surface area contributed by atoms with Crippen LogP contribution < -0.4 is 5.32 Å². The van der Waals surface area contributed by atoms with E-state index in [2.05, 4.69) is 10.3 Å². The van der Waals surface area contributed by atoms with Crippen molar-refractivity contribution in [2.75, 3.05) is 5.32 Å². The number of nitrogens with one attached hydrogen (secondary N) is 1. The number of nitrogens with zero attached hydrogens (tertiary/aromatic N) is 1. The minimum Gasteiger partial charge on any atom is -0.506 e. The molecule has 7 nitrogen and oxygen atoms in total. The van der Waals surface area contributed by atoms with Gasteiger partial charge in [-0.25, -0.2) is 9.78 Å². The second-order valence-corrected chi connectivity index (χ2v) is 7.08. The maximum absolute atomic E-state index is 12.5. The van der Waals surface area contributed by atoms with Crippen molar-refractivity contribution in [2.24, 2.45) is 0 Å². The van der Waals surface area contributed by atoms with Gasteiger partial charge in [-0.1, -0.05) is 29.8 Å². The van der Waals surface area contributed by atoms with Gasteiger partial charge in [0.05, 0.1) is 0 Å². The number of aromatic carboxylic acids is 1. The Morgan fingerprint density at radius 3 is 2.57 bits per heavy atom. The first-order chi connectivity index (χ1) is 13.4. The number of oxazole rings is 1. The number of phenolic OH excluding ortho intramolecular Hbond substituents is 1. The van der Waals surface area contributed by atoms with E-state index in [0.29, 0.717) is 16.1 Å². The van der Waals surface area contributed by atoms with E-state index >= 15 is 0 Å². The summed E-state index contributed by atoms with van der Waals surface area (Å²) >= 11 is 6.95. The number of thiophene rings is 1. The zero-order valence-corrected chi connectivity index (χ0v) is 15.5. The summed E-state index contributed by atoms with van der Waals surface area (Å²) in [5.41, 5.74) is 1.47. The number of anilines is 1. The fraction of sp³-hybridized carbons (Fsp3) is 0. The Hall–Kier alpha value is -3.36. The van der Waals surface area contributed by atoms with Gasteiger partial charge in [0, 0.05) is 16.0 Å². The number of rotatable bonds is 4. The van der Waals surface area contributed by atoms with Crippen LogP contribution in [0.1, 0.15) is 21.0 Å². The van der Waals surface area contributed by atoms with Crippen molar-refractivity contribution >= 4 is 50.9 Å². The molecule has 0 aliphatic rings. The quantitative estimate of drug-likeness (QED) is 0.439. The van der Waals surface area contributed by atoms with Crippen LogP contribution in [-0.4, -0.2) is 27.1 Å². The molecule has 0 saturated heterocycles. The average Bonchev–Trinajstić information content (AvgIpc) is 3.27. The molecule has 0 saturated carbocycles. The highest BCUT2D eigenvalue weighted by molar-refractivity contribution is 7.15. The number of hydrogen-bond donors (Lipinski definition) is 3. The molecule has 0 fully saturated rings. The predicted octanol–water partition coefficient (Wildman–Crippen LogP) is 4.87. The number of para-hydroxylation sites is 1. The van der Waals surface area contributed by atoms with Crippen LogP contribution in [-0.2, 0) is 0 Å². The lowest BCUT2D eigenvalue weighted by atomic mass is 10.0. The molecule has 28 heavy (non-hydrogen) atoms. The molecule has 9 heteroatoms. The van der Waals surface area contributed by atoms with E-state index in [1.807, 2.05) is 0 Å². The predicted molar refractivity (Wildman–Crippen MR) is 105 cm³/mol. The van der Waals surface area contributed by atoms with Crippen LogP contribution in [0.4, 0.5) is 5.00 Å². The standard InChI is InChI=1S/C19H11ClN2O5S/c20-10-6-4-9(5-7-10)11-8-28-18(14(11)19(25)26)22-16(24)17-21-15-12(23)2-1-3-13(15)27-17/h1-8,23H,(H,22,24)(H,25,26). The van der Waals surface area contributed by atoms with Crippen LogP contribution in [0.15, 0.2) is 52.3 Å². The monoisotopic (exact) mass is 414 g/mol. The first kappa shape index (κ1) is 18.0. The van der Waals surface area contributed by atoms with Crippen molar-refractivity contribution in [1.82, 2.24) is 4.98 Å². The van der Waals surface area contributed by atoms with Crippen LogP contribution in [0.3, 0.4) is 0 Å². The van der Waals surface area contributed by atoms with Gasteiger partial charge in [-0.15, -0.1) is 11.3 Å². The summed E-state index contributed by atoms with van der Waals surface area (Å²) in [6.45, 7) is 0. The fourth-order valence-corrected chi connectivity index (χ4v) is 3.77. The first-order valence-electron chi connectivity index (χ1n) is 7.94. The van der Waals surface area contributed by atoms with E-state index < -0.39 is 11.9 Å². The Morgan fingerprint density at radius 1 is 1.14 bits per heavy atom. The van der Waals surface area contributed by atoms with Crippen LogP contribution in [0.2, 0.25) is 5.02 Å². The second-order valence-electron chi connectivity index (χ2n) is 5.76. The first-order valence-corrected chi connectivity index (χ1v) is 9.20. The molecule has 3 N–H and O–H groups in total. The highest BCUT2D eigenvalue weighted by atomic mass is 35.5. The average molecular weight is 415 g/mol. The number of fused-ring (bicyclic) bond motifs is 1. The van der Waals surface area contributed by atoms with Crippen molar-refractivity contribution in [3.05, 3.63) is 64.3 Å². The summed E-state index contributed by atoms with van der Waals surface area (Å²) in [4.78, 5) is 28.3. The van der Waals surface area contributed by atoms with Gasteiger partial charge >= 0.3 is 11.9 Å². The zero-order chi connectivity index (χ0) is 19.8. The Labute approximate surface area is 166 Å². The molecule has 0 bridgehead atoms. The number of hydrogen-bond acceptors (Lipinski definition) is 6. The van der Waals surface area contributed by atoms with E-state index in [-0.39, 0.29) is 33.3 Å². The van der Waals surface area contributed by atoms with Crippen LogP contribution in [0.5, 0.6) is 5.75 Å². The van der Waals surface area contributed by atoms with E-state index in [9.17, 15) is 19.8 Å². The minimum absolute atomic E-state index is 0.0420. The van der Waals surface area contributed by atoms with Gasteiger partial charge in [-0.2, -0.15) is 0 Å². The lowest BCUT2D eigenvalue weighted by Crippen LogP contribution is -2.13. The zero-order valence-electron chi connectivity index (χ0n) is 14.0. The summed E-state index contributed by atoms with van der Waals surface area (Å²) in [6, 6.07) is 11.3. The molecular formula is C19H11ClN2O5S. The van der Waals surface area contributed by atoms with E-state index in [1.54, 1.807) is 41.8 Å². The summed E-state index contributed by atoms with van der Waals surface area (Å²) in [5.74, 6) is -2.30. The fourth-order valence-electron chi connectivity index (χ4n) is 2.69. The summed E-state index contributed by atoms with van der Waals surface area (Å²) in [6.07, 6.45) is 0. The normalized spacial score (nSPS) is 10.9. The Balaban J connectivity index is 1.69. The van der Waals surface area contributed by atoms with Gasteiger partial charge in [0.1, 0.15) is 16.3 Å². The number of carbonyl (C=O) groups excluding carboxylic acids is 1. The highest BCUT2D eigenvalue weighted by Crippen LogP contribution is 2.36. The van der Waals surface area contributed by atoms with Crippen molar-refractivity contribution in [1.29, 1.82) is 0 Å². The summed E-state index contributed by atoms with van der Waals surface area (Å²) in [5, 5.41) is 24.3. The third-order valence-corrected chi connectivity index (χ3v) is 5.13. The minimum atomic E-state index is -1.18. The lowest BCUT2D eigenvalue weighted by Gasteiger charge is -2.04. The van der Waals surface area contributed by atoms with Gasteiger partial charge in [0.2, 0.25) is 0 Å². The molecule has 0 atom stereocenters. The van der Waals surface area contributed by atoms with E-state index in [0.717, 1.165) is 11.3 Å². The molecule has 2 aromatic heterocycles. The number of halogens is 1. The van der Waals surface area contributed by atoms with Gasteiger partial charge in [-0.3, -0.25) is 4.79 Å². The molecule has 0 spiro atoms. The largest absolute Gasteiger partial charge is 0.506 e. The van der Waals surface area contributed by atoms with E-state index in [1.165, 1.54) is 6.07 Å². The number of aromatic hydroxyl groups is 1. The topological polar surface area (TPSA) is 113 Å². The van der Waals surface area contributed by atoms with E-state index in [4.69, 9.17) is 16.0 Å². The lowest BCUT2D eigenvalue weighted by molar-refractivity contribution is 0.0699. The van der Waals surface area contributed by atoms with Crippen LogP contribution in [0.25, 0.3) is 22.2 Å². The van der Waals surface area contributed by atoms with Crippen molar-refractivity contribution in [3.63, 3.8) is 0 Å². The van der Waals surface area contributed by atoms with Gasteiger partial charge in [0.25, 0.3) is 5.89 Å². The summed E-state index contributed by atoms with van der Waals surface area (Å²) < 4.78 is 5.35. The molecule has 4 rings (SSSR count). The number of carboxylic acids is 1. The van der Waals surface area contributed by atoms with Crippen molar-refractivity contribution < 1.29 is 24.2 Å². The van der Waals surface area contributed by atoms with Crippen LogP contribution in [0, 0.1) is 0 Å². The summed E-state index contributed by atoms with van der Waals surface area (Å²) in [7, 11) is 0. The van der Waals surface area contributed by atoms with Crippen LogP contribution >= 0.6 is 22.9 Å². The van der Waals surface area contributed by atoms with Crippen molar-refractivity contribution in [3.8, 4) is 16.9 Å². The third-order valence-electron chi connectivity index (χ3n) is 3.98. The number of amides is 1. The number of benzene rings is 2. The molecule has 0 radical (unpaired) electrons. The molecule has 2 heterocycles. The molecule has 0 aliphatic heterocycles. The maximum atomic E-state index is 12.5. The Morgan fingerprint density at radius 2 is 1.89 bits per heavy atom. The molecular weight excluding hydrogens is 404 g/mol. The van der Waals surface area contributed by atoms with Gasteiger partial charge in [-0.05, 0) is 29.8 Å². The van der Waals surface area contributed by atoms with Gasteiger partial charge in [0.15, 0.2) is 11.1 Å². The number of aromatic nitrogens is 1.